The average molecular weight is 269 g/mol. The maximum Gasteiger partial charge on any atom is 0.248 e. The lowest BCUT2D eigenvalue weighted by atomic mass is 10.1. The number of hydrogen-bond donors (Lipinski definition) is 1. The third-order valence-electron chi connectivity index (χ3n) is 2.90. The van der Waals surface area contributed by atoms with Crippen LogP contribution in [0.4, 0.5) is 0 Å². The molecule has 2 heterocycles. The van der Waals surface area contributed by atoms with Crippen LogP contribution in [0.1, 0.15) is 5.56 Å². The highest BCUT2D eigenvalue weighted by molar-refractivity contribution is 7.98. The first-order valence-corrected chi connectivity index (χ1v) is 7.02. The van der Waals surface area contributed by atoms with Crippen LogP contribution in [0, 0.1) is 0 Å². The summed E-state index contributed by atoms with van der Waals surface area (Å²) < 4.78 is 0. The summed E-state index contributed by atoms with van der Waals surface area (Å²) in [6, 6.07) is 15.5. The second-order valence-corrected chi connectivity index (χ2v) is 5.24. The fourth-order valence-corrected chi connectivity index (χ4v) is 2.89. The zero-order chi connectivity index (χ0) is 13.1. The Labute approximate surface area is 114 Å². The monoisotopic (exact) mass is 269 g/mol. The minimum atomic E-state index is -0.0497. The van der Waals surface area contributed by atoms with Gasteiger partial charge in [-0.2, -0.15) is 0 Å². The third-order valence-corrected chi connectivity index (χ3v) is 3.92. The average Bonchev–Trinajstić information content (AvgIpc) is 2.45. The zero-order valence-corrected chi connectivity index (χ0v) is 11.0. The van der Waals surface area contributed by atoms with Gasteiger partial charge < -0.3 is 4.98 Å². The number of pyridine rings is 2. The van der Waals surface area contributed by atoms with Crippen LogP contribution >= 0.6 is 11.8 Å². The molecule has 2 aromatic heterocycles. The van der Waals surface area contributed by atoms with Gasteiger partial charge in [-0.25, -0.2) is 4.98 Å². The normalized spacial score (nSPS) is 10.7. The minimum absolute atomic E-state index is 0.0497. The molecule has 0 radical (unpaired) electrons. The van der Waals surface area contributed by atoms with Crippen molar-refractivity contribution in [2.24, 2.45) is 0 Å². The molecule has 4 heteroatoms. The summed E-state index contributed by atoms with van der Waals surface area (Å²) in [5, 5.41) is 2.19. The molecule has 0 saturated carbocycles. The van der Waals surface area contributed by atoms with Gasteiger partial charge in [0.25, 0.3) is 0 Å². The van der Waals surface area contributed by atoms with Crippen LogP contribution in [0.25, 0.3) is 10.9 Å². The van der Waals surface area contributed by atoms with Crippen LogP contribution in [0.3, 0.4) is 0 Å². The predicted molar refractivity (Wildman–Crippen MR) is 77.1 cm³/mol. The van der Waals surface area contributed by atoms with E-state index in [1.54, 1.807) is 17.8 Å². The van der Waals surface area contributed by atoms with Gasteiger partial charge in [0, 0.05) is 34.9 Å². The van der Waals surface area contributed by atoms with Crippen LogP contribution in [0.2, 0.25) is 0 Å². The van der Waals surface area contributed by atoms with Crippen LogP contribution in [-0.4, -0.2) is 4.98 Å². The Morgan fingerprint density at radius 3 is 2.79 bits per heavy atom. The van der Waals surface area contributed by atoms with Crippen molar-refractivity contribution in [1.82, 2.24) is 4.98 Å². The van der Waals surface area contributed by atoms with Gasteiger partial charge in [0.05, 0.1) is 0 Å². The van der Waals surface area contributed by atoms with E-state index >= 15 is 0 Å². The molecule has 0 fully saturated rings. The van der Waals surface area contributed by atoms with Crippen molar-refractivity contribution in [2.45, 2.75) is 10.8 Å². The number of nitrogens with one attached hydrogen (secondary N) is 2. The van der Waals surface area contributed by atoms with Gasteiger partial charge in [0.2, 0.25) is 10.6 Å². The van der Waals surface area contributed by atoms with Gasteiger partial charge in [0.1, 0.15) is 0 Å². The second kappa shape index (κ2) is 5.28. The number of rotatable bonds is 3. The van der Waals surface area contributed by atoms with Gasteiger partial charge in [-0.1, -0.05) is 30.0 Å². The molecule has 0 aliphatic heterocycles. The maximum atomic E-state index is 11.6. The van der Waals surface area contributed by atoms with Gasteiger partial charge in [-0.15, -0.1) is 0 Å². The molecule has 3 nitrogen and oxygen atoms in total. The molecule has 0 spiro atoms. The molecule has 0 amide bonds. The number of aromatic nitrogens is 2. The Morgan fingerprint density at radius 2 is 1.95 bits per heavy atom. The molecule has 0 saturated heterocycles. The summed E-state index contributed by atoms with van der Waals surface area (Å²) in [6.07, 6.45) is 1.90. The molecule has 19 heavy (non-hydrogen) atoms. The fourth-order valence-electron chi connectivity index (χ4n) is 2.02. The molecule has 0 aliphatic rings. The quantitative estimate of drug-likeness (QED) is 0.743. The predicted octanol–water partition coefficient (Wildman–Crippen LogP) is 2.63. The van der Waals surface area contributed by atoms with E-state index in [1.165, 1.54) is 0 Å². The molecule has 2 N–H and O–H groups in total. The number of para-hydroxylation sites is 1. The summed E-state index contributed by atoms with van der Waals surface area (Å²) in [7, 11) is 0. The summed E-state index contributed by atoms with van der Waals surface area (Å²) in [4.78, 5) is 17.7. The van der Waals surface area contributed by atoms with Gasteiger partial charge in [-0.3, -0.25) is 4.79 Å². The molecular formula is C15H13N2OS+. The Balaban J connectivity index is 1.94. The minimum Gasteiger partial charge on any atom is -0.322 e. The molecule has 0 aliphatic carbocycles. The summed E-state index contributed by atoms with van der Waals surface area (Å²) >= 11 is 1.69. The summed E-state index contributed by atoms with van der Waals surface area (Å²) in [5.74, 6) is 0.769. The van der Waals surface area contributed by atoms with Crippen molar-refractivity contribution in [2.75, 3.05) is 0 Å². The van der Waals surface area contributed by atoms with Crippen molar-refractivity contribution in [1.29, 1.82) is 0 Å². The van der Waals surface area contributed by atoms with Gasteiger partial charge >= 0.3 is 0 Å². The van der Waals surface area contributed by atoms with E-state index in [4.69, 9.17) is 0 Å². The molecule has 94 valence electrons. The molecule has 0 bridgehead atoms. The molecule has 3 aromatic rings. The topological polar surface area (TPSA) is 47.0 Å². The summed E-state index contributed by atoms with van der Waals surface area (Å²) in [6.45, 7) is 0. The first-order valence-electron chi connectivity index (χ1n) is 6.03. The van der Waals surface area contributed by atoms with Gasteiger partial charge in [-0.05, 0) is 17.7 Å². The van der Waals surface area contributed by atoms with Gasteiger partial charge in [0.15, 0.2) is 6.20 Å². The van der Waals surface area contributed by atoms with Crippen LogP contribution < -0.4 is 10.5 Å². The SMILES string of the molecule is O=c1cc(CSc2cccc[nH+]2)c2ccccc2[nH]1. The highest BCUT2D eigenvalue weighted by Crippen LogP contribution is 2.22. The first-order chi connectivity index (χ1) is 9.33. The van der Waals surface area contributed by atoms with Crippen molar-refractivity contribution in [3.8, 4) is 0 Å². The molecule has 0 unspecified atom stereocenters. The molecule has 0 atom stereocenters. The van der Waals surface area contributed by atoms with E-state index in [0.29, 0.717) is 0 Å². The Kier molecular flexibility index (Phi) is 3.33. The van der Waals surface area contributed by atoms with E-state index in [0.717, 1.165) is 27.2 Å². The fraction of sp³-hybridized carbons (Fsp3) is 0.0667. The molecular weight excluding hydrogens is 256 g/mol. The van der Waals surface area contributed by atoms with Crippen LogP contribution in [0.15, 0.2) is 64.5 Å². The number of benzene rings is 1. The third kappa shape index (κ3) is 2.69. The lowest BCUT2D eigenvalue weighted by Gasteiger charge is -2.04. The number of thioether (sulfide) groups is 1. The van der Waals surface area contributed by atoms with E-state index in [9.17, 15) is 4.79 Å². The standard InChI is InChI=1S/C15H12N2OS/c18-14-9-11(10-19-15-7-3-4-8-16-15)12-5-1-2-6-13(12)17-14/h1-9H,10H2,(H,17,18)/p+1. The number of aromatic amines is 2. The van der Waals surface area contributed by atoms with Crippen molar-refractivity contribution in [3.05, 3.63) is 70.6 Å². The maximum absolute atomic E-state index is 11.6. The lowest BCUT2D eigenvalue weighted by Crippen LogP contribution is -2.07. The number of hydrogen-bond acceptors (Lipinski definition) is 2. The second-order valence-electron chi connectivity index (χ2n) is 4.22. The number of H-pyrrole nitrogens is 2. The van der Waals surface area contributed by atoms with E-state index in [2.05, 4.69) is 9.97 Å². The number of fused-ring (bicyclic) bond motifs is 1. The lowest BCUT2D eigenvalue weighted by molar-refractivity contribution is -0.426. The Hall–Kier alpha value is -2.07. The van der Waals surface area contributed by atoms with E-state index < -0.39 is 0 Å². The first kappa shape index (κ1) is 12.0. The highest BCUT2D eigenvalue weighted by atomic mass is 32.2. The van der Waals surface area contributed by atoms with Crippen LogP contribution in [-0.2, 0) is 5.75 Å². The Bertz CT molecular complexity index is 753. The zero-order valence-electron chi connectivity index (χ0n) is 10.2. The van der Waals surface area contributed by atoms with E-state index in [-0.39, 0.29) is 5.56 Å². The molecule has 1 aromatic carbocycles. The largest absolute Gasteiger partial charge is 0.322 e. The Morgan fingerprint density at radius 1 is 1.11 bits per heavy atom. The van der Waals surface area contributed by atoms with Crippen molar-refractivity contribution in [3.63, 3.8) is 0 Å². The van der Waals surface area contributed by atoms with Crippen molar-refractivity contribution >= 4 is 22.7 Å². The molecule has 3 rings (SSSR count). The summed E-state index contributed by atoms with van der Waals surface area (Å²) in [5.41, 5.74) is 1.90. The van der Waals surface area contributed by atoms with Crippen LogP contribution in [0.5, 0.6) is 0 Å². The highest BCUT2D eigenvalue weighted by Gasteiger charge is 2.06. The van der Waals surface area contributed by atoms with Crippen molar-refractivity contribution < 1.29 is 4.98 Å². The smallest absolute Gasteiger partial charge is 0.248 e. The van der Waals surface area contributed by atoms with E-state index in [1.807, 2.05) is 48.7 Å².